The van der Waals surface area contributed by atoms with E-state index in [0.29, 0.717) is 6.04 Å². The Bertz CT molecular complexity index is 137. The minimum Gasteiger partial charge on any atom is -0.480 e. The van der Waals surface area contributed by atoms with E-state index in [1.807, 2.05) is 0 Å². The third-order valence-electron chi connectivity index (χ3n) is 2.19. The van der Waals surface area contributed by atoms with Gasteiger partial charge in [0.25, 0.3) is 0 Å². The van der Waals surface area contributed by atoms with Gasteiger partial charge in [0.1, 0.15) is 0 Å². The molecule has 0 aromatic heterocycles. The van der Waals surface area contributed by atoms with Gasteiger partial charge >= 0.3 is 5.97 Å². The topological polar surface area (TPSA) is 49.3 Å². The zero-order valence-corrected chi connectivity index (χ0v) is 8.68. The van der Waals surface area contributed by atoms with Crippen molar-refractivity contribution in [3.63, 3.8) is 0 Å². The van der Waals surface area contributed by atoms with E-state index in [1.165, 1.54) is 19.3 Å². The molecule has 0 aliphatic carbocycles. The average Bonchev–Trinajstić information content (AvgIpc) is 2.10. The van der Waals surface area contributed by atoms with E-state index in [0.717, 1.165) is 12.8 Å². The molecule has 0 aliphatic heterocycles. The van der Waals surface area contributed by atoms with Crippen molar-refractivity contribution in [2.75, 3.05) is 6.54 Å². The third kappa shape index (κ3) is 7.78. The molecule has 0 aliphatic rings. The number of aliphatic carboxylic acids is 1. The van der Waals surface area contributed by atoms with Crippen LogP contribution in [0.4, 0.5) is 0 Å². The molecule has 1 atom stereocenters. The number of carboxylic acids is 1. The molecule has 0 aromatic rings. The zero-order chi connectivity index (χ0) is 10.1. The maximum atomic E-state index is 10.3. The highest BCUT2D eigenvalue weighted by Crippen LogP contribution is 2.05. The lowest BCUT2D eigenvalue weighted by Gasteiger charge is -2.14. The number of carboxylic acid groups (broad SMARTS) is 1. The second-order valence-corrected chi connectivity index (χ2v) is 3.38. The fraction of sp³-hybridized carbons (Fsp3) is 0.900. The van der Waals surface area contributed by atoms with Crippen LogP contribution >= 0.6 is 0 Å². The first kappa shape index (κ1) is 12.4. The van der Waals surface area contributed by atoms with Crippen LogP contribution < -0.4 is 5.32 Å². The SMILES string of the molecule is CCCCCC(CC)NCC(=O)O. The van der Waals surface area contributed by atoms with Gasteiger partial charge in [-0.25, -0.2) is 0 Å². The molecule has 0 spiro atoms. The summed E-state index contributed by atoms with van der Waals surface area (Å²) in [4.78, 5) is 10.3. The van der Waals surface area contributed by atoms with Crippen LogP contribution in [-0.2, 0) is 4.79 Å². The molecule has 1 unspecified atom stereocenters. The molecule has 78 valence electrons. The van der Waals surface area contributed by atoms with Crippen molar-refractivity contribution in [1.29, 1.82) is 0 Å². The standard InChI is InChI=1S/C10H21NO2/c1-3-5-6-7-9(4-2)11-8-10(12)13/h9,11H,3-8H2,1-2H3,(H,12,13). The first-order valence-electron chi connectivity index (χ1n) is 5.15. The summed E-state index contributed by atoms with van der Waals surface area (Å²) in [6, 6.07) is 0.377. The summed E-state index contributed by atoms with van der Waals surface area (Å²) in [5.41, 5.74) is 0. The van der Waals surface area contributed by atoms with E-state index in [-0.39, 0.29) is 6.54 Å². The number of unbranched alkanes of at least 4 members (excludes halogenated alkanes) is 2. The van der Waals surface area contributed by atoms with E-state index in [1.54, 1.807) is 0 Å². The highest BCUT2D eigenvalue weighted by atomic mass is 16.4. The molecule has 0 bridgehead atoms. The summed E-state index contributed by atoms with van der Waals surface area (Å²) in [6.45, 7) is 4.35. The molecular weight excluding hydrogens is 166 g/mol. The molecule has 0 fully saturated rings. The Morgan fingerprint density at radius 3 is 2.54 bits per heavy atom. The minimum absolute atomic E-state index is 0.0879. The van der Waals surface area contributed by atoms with Crippen LogP contribution in [0.25, 0.3) is 0 Å². The molecule has 2 N–H and O–H groups in total. The van der Waals surface area contributed by atoms with Gasteiger partial charge in [0.2, 0.25) is 0 Å². The van der Waals surface area contributed by atoms with Crippen LogP contribution in [0.2, 0.25) is 0 Å². The molecule has 0 aromatic carbocycles. The normalized spacial score (nSPS) is 12.8. The van der Waals surface area contributed by atoms with E-state index >= 15 is 0 Å². The predicted octanol–water partition coefficient (Wildman–Crippen LogP) is 2.02. The summed E-state index contributed by atoms with van der Waals surface area (Å²) >= 11 is 0. The highest BCUT2D eigenvalue weighted by Gasteiger charge is 2.06. The van der Waals surface area contributed by atoms with Crippen molar-refractivity contribution in [1.82, 2.24) is 5.32 Å². The molecule has 0 rings (SSSR count). The van der Waals surface area contributed by atoms with Crippen molar-refractivity contribution < 1.29 is 9.90 Å². The lowest BCUT2D eigenvalue weighted by Crippen LogP contribution is -2.33. The van der Waals surface area contributed by atoms with Crippen LogP contribution in [0, 0.1) is 0 Å². The van der Waals surface area contributed by atoms with Gasteiger partial charge in [0.15, 0.2) is 0 Å². The lowest BCUT2D eigenvalue weighted by molar-refractivity contribution is -0.136. The first-order valence-corrected chi connectivity index (χ1v) is 5.15. The number of rotatable bonds is 8. The Morgan fingerprint density at radius 2 is 2.08 bits per heavy atom. The predicted molar refractivity (Wildman–Crippen MR) is 53.9 cm³/mol. The van der Waals surface area contributed by atoms with Crippen LogP contribution in [-0.4, -0.2) is 23.7 Å². The van der Waals surface area contributed by atoms with Crippen molar-refractivity contribution >= 4 is 5.97 Å². The summed E-state index contributed by atoms with van der Waals surface area (Å²) < 4.78 is 0. The Balaban J connectivity index is 3.45. The molecule has 0 heterocycles. The average molecular weight is 187 g/mol. The second kappa shape index (κ2) is 8.05. The molecule has 0 amide bonds. The van der Waals surface area contributed by atoms with Gasteiger partial charge in [-0.15, -0.1) is 0 Å². The van der Waals surface area contributed by atoms with E-state index in [9.17, 15) is 4.79 Å². The third-order valence-corrected chi connectivity index (χ3v) is 2.19. The Kier molecular flexibility index (Phi) is 7.69. The summed E-state index contributed by atoms with van der Waals surface area (Å²) in [7, 11) is 0. The smallest absolute Gasteiger partial charge is 0.317 e. The maximum Gasteiger partial charge on any atom is 0.317 e. The van der Waals surface area contributed by atoms with Gasteiger partial charge in [-0.2, -0.15) is 0 Å². The number of nitrogens with one attached hydrogen (secondary N) is 1. The lowest BCUT2D eigenvalue weighted by atomic mass is 10.1. The Hall–Kier alpha value is -0.570. The molecular formula is C10H21NO2. The molecule has 13 heavy (non-hydrogen) atoms. The van der Waals surface area contributed by atoms with Gasteiger partial charge in [0, 0.05) is 6.04 Å². The largest absolute Gasteiger partial charge is 0.480 e. The molecule has 3 heteroatoms. The van der Waals surface area contributed by atoms with E-state index < -0.39 is 5.97 Å². The quantitative estimate of drug-likeness (QED) is 0.571. The zero-order valence-electron chi connectivity index (χ0n) is 8.68. The maximum absolute atomic E-state index is 10.3. The van der Waals surface area contributed by atoms with Crippen LogP contribution in [0.1, 0.15) is 46.0 Å². The van der Waals surface area contributed by atoms with E-state index in [4.69, 9.17) is 5.11 Å². The van der Waals surface area contributed by atoms with Gasteiger partial charge in [-0.3, -0.25) is 4.79 Å². The van der Waals surface area contributed by atoms with Gasteiger partial charge in [0.05, 0.1) is 6.54 Å². The fourth-order valence-corrected chi connectivity index (χ4v) is 1.32. The molecule has 0 saturated heterocycles. The minimum atomic E-state index is -0.769. The molecule has 0 saturated carbocycles. The van der Waals surface area contributed by atoms with Gasteiger partial charge in [-0.1, -0.05) is 33.1 Å². The molecule has 3 nitrogen and oxygen atoms in total. The van der Waals surface area contributed by atoms with Crippen LogP contribution in [0.5, 0.6) is 0 Å². The van der Waals surface area contributed by atoms with Gasteiger partial charge in [-0.05, 0) is 12.8 Å². The number of hydrogen-bond acceptors (Lipinski definition) is 2. The summed E-state index contributed by atoms with van der Waals surface area (Å²) in [6.07, 6.45) is 5.76. The second-order valence-electron chi connectivity index (χ2n) is 3.38. The van der Waals surface area contributed by atoms with Crippen molar-refractivity contribution in [3.8, 4) is 0 Å². The van der Waals surface area contributed by atoms with Crippen molar-refractivity contribution in [3.05, 3.63) is 0 Å². The monoisotopic (exact) mass is 187 g/mol. The first-order chi connectivity index (χ1) is 6.20. The van der Waals surface area contributed by atoms with Crippen LogP contribution in [0.3, 0.4) is 0 Å². The summed E-state index contributed by atoms with van der Waals surface area (Å²) in [5.74, 6) is -0.769. The van der Waals surface area contributed by atoms with Crippen LogP contribution in [0.15, 0.2) is 0 Å². The number of carbonyl (C=O) groups is 1. The van der Waals surface area contributed by atoms with Gasteiger partial charge < -0.3 is 10.4 Å². The Labute approximate surface area is 80.5 Å². The van der Waals surface area contributed by atoms with Crippen molar-refractivity contribution in [2.45, 2.75) is 52.0 Å². The highest BCUT2D eigenvalue weighted by molar-refractivity contribution is 5.69. The van der Waals surface area contributed by atoms with Crippen molar-refractivity contribution in [2.24, 2.45) is 0 Å². The molecule has 0 radical (unpaired) electrons. The fourth-order valence-electron chi connectivity index (χ4n) is 1.32. The summed E-state index contributed by atoms with van der Waals surface area (Å²) in [5, 5.41) is 11.5. The number of hydrogen-bond donors (Lipinski definition) is 2. The van der Waals surface area contributed by atoms with E-state index in [2.05, 4.69) is 19.2 Å². The Morgan fingerprint density at radius 1 is 1.38 bits per heavy atom.